The maximum atomic E-state index is 12.6. The van der Waals surface area contributed by atoms with Gasteiger partial charge in [-0.05, 0) is 19.9 Å². The minimum Gasteiger partial charge on any atom is -0.333 e. The van der Waals surface area contributed by atoms with E-state index in [0.717, 1.165) is 25.3 Å². The molecule has 19 heavy (non-hydrogen) atoms. The molecule has 1 saturated heterocycles. The molecule has 0 saturated carbocycles. The molecule has 6 nitrogen and oxygen atoms in total. The number of rotatable bonds is 1. The fourth-order valence-corrected chi connectivity index (χ4v) is 2.41. The first-order valence-electron chi connectivity index (χ1n) is 6.49. The number of aromatic nitrogens is 3. The number of nitrogens with zero attached hydrogens (tertiary/aromatic N) is 4. The highest BCUT2D eigenvalue weighted by atomic mass is 16.2. The zero-order valence-corrected chi connectivity index (χ0v) is 11.1. The Labute approximate surface area is 111 Å². The third-order valence-electron chi connectivity index (χ3n) is 3.50. The average molecular weight is 259 g/mol. The van der Waals surface area contributed by atoms with Crippen molar-refractivity contribution in [1.29, 1.82) is 0 Å². The number of aryl methyl sites for hydroxylation is 1. The summed E-state index contributed by atoms with van der Waals surface area (Å²) in [6.07, 6.45) is 3.44. The average Bonchev–Trinajstić information content (AvgIpc) is 2.81. The van der Waals surface area contributed by atoms with Crippen molar-refractivity contribution in [3.8, 4) is 0 Å². The van der Waals surface area contributed by atoms with Crippen LogP contribution in [0.1, 0.15) is 23.0 Å². The van der Waals surface area contributed by atoms with Crippen molar-refractivity contribution in [3.05, 3.63) is 29.7 Å². The van der Waals surface area contributed by atoms with E-state index >= 15 is 0 Å². The number of nitrogens with one attached hydrogen (secondary N) is 1. The molecule has 0 aliphatic carbocycles. The first-order chi connectivity index (χ1) is 9.16. The summed E-state index contributed by atoms with van der Waals surface area (Å²) in [6, 6.07) is 2.07. The molecule has 1 atom stereocenters. The number of fused-ring (bicyclic) bond motifs is 1. The van der Waals surface area contributed by atoms with E-state index < -0.39 is 0 Å². The van der Waals surface area contributed by atoms with Gasteiger partial charge in [0.15, 0.2) is 5.65 Å². The monoisotopic (exact) mass is 259 g/mol. The van der Waals surface area contributed by atoms with Crippen LogP contribution in [0.2, 0.25) is 0 Å². The number of piperazine rings is 1. The number of hydrogen-bond acceptors (Lipinski definition) is 4. The van der Waals surface area contributed by atoms with Gasteiger partial charge in [0.05, 0.1) is 6.20 Å². The third-order valence-corrected chi connectivity index (χ3v) is 3.50. The summed E-state index contributed by atoms with van der Waals surface area (Å²) < 4.78 is 1.65. The molecule has 0 spiro atoms. The van der Waals surface area contributed by atoms with Gasteiger partial charge < -0.3 is 10.2 Å². The molecule has 1 fully saturated rings. The summed E-state index contributed by atoms with van der Waals surface area (Å²) in [6.45, 7) is 6.35. The topological polar surface area (TPSA) is 62.5 Å². The Bertz CT molecular complexity index is 621. The van der Waals surface area contributed by atoms with Crippen LogP contribution in [0, 0.1) is 6.92 Å². The Morgan fingerprint density at radius 2 is 2.37 bits per heavy atom. The van der Waals surface area contributed by atoms with Gasteiger partial charge >= 0.3 is 0 Å². The highest BCUT2D eigenvalue weighted by Crippen LogP contribution is 2.14. The number of amides is 1. The molecular formula is C13H17N5O. The lowest BCUT2D eigenvalue weighted by Crippen LogP contribution is -2.52. The Morgan fingerprint density at radius 3 is 3.16 bits per heavy atom. The third kappa shape index (κ3) is 2.08. The zero-order chi connectivity index (χ0) is 13.4. The van der Waals surface area contributed by atoms with Crippen LogP contribution in [0.4, 0.5) is 0 Å². The fourth-order valence-electron chi connectivity index (χ4n) is 2.41. The van der Waals surface area contributed by atoms with Gasteiger partial charge in [-0.25, -0.2) is 9.50 Å². The largest absolute Gasteiger partial charge is 0.333 e. The van der Waals surface area contributed by atoms with Crippen molar-refractivity contribution in [3.63, 3.8) is 0 Å². The second-order valence-electron chi connectivity index (χ2n) is 4.95. The molecule has 100 valence electrons. The molecule has 1 amide bonds. The van der Waals surface area contributed by atoms with Crippen LogP contribution < -0.4 is 5.32 Å². The molecule has 0 bridgehead atoms. The van der Waals surface area contributed by atoms with Crippen LogP contribution in [0.5, 0.6) is 0 Å². The Kier molecular flexibility index (Phi) is 2.94. The highest BCUT2D eigenvalue weighted by Gasteiger charge is 2.26. The summed E-state index contributed by atoms with van der Waals surface area (Å²) in [5.41, 5.74) is 2.10. The zero-order valence-electron chi connectivity index (χ0n) is 11.1. The molecule has 0 aromatic carbocycles. The first kappa shape index (κ1) is 12.1. The van der Waals surface area contributed by atoms with Crippen molar-refractivity contribution < 1.29 is 4.79 Å². The van der Waals surface area contributed by atoms with Crippen LogP contribution >= 0.6 is 0 Å². The van der Waals surface area contributed by atoms with Gasteiger partial charge in [-0.1, -0.05) is 0 Å². The van der Waals surface area contributed by atoms with Crippen molar-refractivity contribution in [2.75, 3.05) is 19.6 Å². The van der Waals surface area contributed by atoms with Gasteiger partial charge in [0.2, 0.25) is 0 Å². The Morgan fingerprint density at radius 1 is 1.53 bits per heavy atom. The van der Waals surface area contributed by atoms with E-state index in [2.05, 4.69) is 22.3 Å². The maximum absolute atomic E-state index is 12.6. The first-order valence-corrected chi connectivity index (χ1v) is 6.49. The van der Waals surface area contributed by atoms with E-state index in [4.69, 9.17) is 0 Å². The molecule has 2 aromatic heterocycles. The summed E-state index contributed by atoms with van der Waals surface area (Å²) in [5, 5.41) is 7.47. The van der Waals surface area contributed by atoms with Gasteiger partial charge in [0.1, 0.15) is 5.56 Å². The summed E-state index contributed by atoms with van der Waals surface area (Å²) >= 11 is 0. The van der Waals surface area contributed by atoms with E-state index in [1.54, 1.807) is 10.7 Å². The molecule has 1 N–H and O–H groups in total. The van der Waals surface area contributed by atoms with Crippen molar-refractivity contribution in [2.45, 2.75) is 19.9 Å². The highest BCUT2D eigenvalue weighted by molar-refractivity contribution is 5.99. The standard InChI is InChI=1S/C13H17N5O/c1-9-3-5-18-12(16-9)11(8-15-18)13(19)17-6-4-14-7-10(17)2/h3,5,8,10,14H,4,6-7H2,1-2H3/t10-/m1/s1. The van der Waals surface area contributed by atoms with Gasteiger partial charge in [-0.3, -0.25) is 4.79 Å². The predicted molar refractivity (Wildman–Crippen MR) is 71.1 cm³/mol. The molecule has 3 heterocycles. The number of carbonyl (C=O) groups is 1. The van der Waals surface area contributed by atoms with E-state index in [1.165, 1.54) is 0 Å². The second kappa shape index (κ2) is 4.62. The van der Waals surface area contributed by atoms with Crippen LogP contribution in [0.3, 0.4) is 0 Å². The Hall–Kier alpha value is -1.95. The lowest BCUT2D eigenvalue weighted by atomic mass is 10.2. The van der Waals surface area contributed by atoms with Crippen LogP contribution in [-0.4, -0.2) is 51.1 Å². The van der Waals surface area contributed by atoms with E-state index in [1.807, 2.05) is 24.1 Å². The van der Waals surface area contributed by atoms with Crippen molar-refractivity contribution in [2.24, 2.45) is 0 Å². The Balaban J connectivity index is 1.99. The molecule has 1 aliphatic rings. The van der Waals surface area contributed by atoms with Crippen molar-refractivity contribution in [1.82, 2.24) is 24.8 Å². The van der Waals surface area contributed by atoms with Gasteiger partial charge in [0.25, 0.3) is 5.91 Å². The summed E-state index contributed by atoms with van der Waals surface area (Å²) in [5.74, 6) is 0.0158. The van der Waals surface area contributed by atoms with Gasteiger partial charge in [-0.2, -0.15) is 5.10 Å². The maximum Gasteiger partial charge on any atom is 0.259 e. The predicted octanol–water partition coefficient (Wildman–Crippen LogP) is 0.472. The quantitative estimate of drug-likeness (QED) is 0.808. The lowest BCUT2D eigenvalue weighted by molar-refractivity contribution is 0.0657. The summed E-state index contributed by atoms with van der Waals surface area (Å²) in [7, 11) is 0. The minimum atomic E-state index is 0.0158. The fraction of sp³-hybridized carbons (Fsp3) is 0.462. The smallest absolute Gasteiger partial charge is 0.259 e. The minimum absolute atomic E-state index is 0.0158. The lowest BCUT2D eigenvalue weighted by Gasteiger charge is -2.33. The molecule has 2 aromatic rings. The molecule has 1 aliphatic heterocycles. The van der Waals surface area contributed by atoms with E-state index in [0.29, 0.717) is 11.2 Å². The summed E-state index contributed by atoms with van der Waals surface area (Å²) in [4.78, 5) is 18.9. The molecular weight excluding hydrogens is 242 g/mol. The SMILES string of the molecule is Cc1ccn2ncc(C(=O)N3CCNC[C@H]3C)c2n1. The second-order valence-corrected chi connectivity index (χ2v) is 4.95. The van der Waals surface area contributed by atoms with E-state index in [9.17, 15) is 4.79 Å². The van der Waals surface area contributed by atoms with Crippen LogP contribution in [-0.2, 0) is 0 Å². The number of hydrogen-bond donors (Lipinski definition) is 1. The molecule has 3 rings (SSSR count). The molecule has 0 radical (unpaired) electrons. The van der Waals surface area contributed by atoms with Gasteiger partial charge in [0, 0.05) is 37.6 Å². The van der Waals surface area contributed by atoms with E-state index in [-0.39, 0.29) is 11.9 Å². The number of carbonyl (C=O) groups excluding carboxylic acids is 1. The van der Waals surface area contributed by atoms with Crippen LogP contribution in [0.25, 0.3) is 5.65 Å². The molecule has 6 heteroatoms. The van der Waals surface area contributed by atoms with Gasteiger partial charge in [-0.15, -0.1) is 0 Å². The normalized spacial score (nSPS) is 19.9. The van der Waals surface area contributed by atoms with Crippen LogP contribution in [0.15, 0.2) is 18.5 Å². The molecule has 0 unspecified atom stereocenters. The van der Waals surface area contributed by atoms with Crippen molar-refractivity contribution >= 4 is 11.6 Å².